The van der Waals surface area contributed by atoms with E-state index in [0.717, 1.165) is 23.3 Å². The van der Waals surface area contributed by atoms with Gasteiger partial charge in [-0.1, -0.05) is 43.7 Å². The van der Waals surface area contributed by atoms with E-state index in [-0.39, 0.29) is 17.9 Å². The minimum absolute atomic E-state index is 0.00106. The molecule has 0 saturated carbocycles. The minimum atomic E-state index is -3.53. The number of ether oxygens (including phenoxy) is 1. The second kappa shape index (κ2) is 10.5. The van der Waals surface area contributed by atoms with Crippen molar-refractivity contribution < 1.29 is 17.9 Å². The van der Waals surface area contributed by atoms with Gasteiger partial charge in [0.25, 0.3) is 0 Å². The Bertz CT molecular complexity index is 993. The van der Waals surface area contributed by atoms with Gasteiger partial charge in [0.15, 0.2) is 0 Å². The van der Waals surface area contributed by atoms with Gasteiger partial charge in [-0.05, 0) is 61.9 Å². The second-order valence-corrected chi connectivity index (χ2v) is 10.9. The Balaban J connectivity index is 1.63. The van der Waals surface area contributed by atoms with Crippen molar-refractivity contribution in [3.05, 3.63) is 59.7 Å². The number of hydrogen-bond donors (Lipinski definition) is 1. The smallest absolute Gasteiger partial charge is 0.243 e. The Morgan fingerprint density at radius 1 is 1.06 bits per heavy atom. The Kier molecular flexibility index (Phi) is 7.96. The first kappa shape index (κ1) is 24.3. The monoisotopic (exact) mass is 458 g/mol. The molecule has 1 atom stereocenters. The number of nitrogens with zero attached hydrogens (tertiary/aromatic N) is 1. The summed E-state index contributed by atoms with van der Waals surface area (Å²) in [6, 6.07) is 14.6. The van der Waals surface area contributed by atoms with Crippen LogP contribution in [0.5, 0.6) is 5.75 Å². The number of carbonyl (C=O) groups excluding carboxylic acids is 1. The first-order chi connectivity index (χ1) is 15.2. The van der Waals surface area contributed by atoms with Crippen LogP contribution in [0, 0.1) is 18.8 Å². The number of benzene rings is 2. The van der Waals surface area contributed by atoms with Gasteiger partial charge in [-0.2, -0.15) is 4.31 Å². The van der Waals surface area contributed by atoms with E-state index in [0.29, 0.717) is 36.7 Å². The fraction of sp³-hybridized carbons (Fsp3) is 0.480. The van der Waals surface area contributed by atoms with Crippen molar-refractivity contribution in [2.24, 2.45) is 11.8 Å². The number of methoxy groups -OCH3 is 1. The molecule has 2 aromatic carbocycles. The molecule has 1 saturated heterocycles. The highest BCUT2D eigenvalue weighted by molar-refractivity contribution is 7.89. The van der Waals surface area contributed by atoms with E-state index < -0.39 is 10.0 Å². The normalized spacial score (nSPS) is 16.7. The predicted molar refractivity (Wildman–Crippen MR) is 126 cm³/mol. The van der Waals surface area contributed by atoms with Gasteiger partial charge in [0.1, 0.15) is 5.75 Å². The lowest BCUT2D eigenvalue weighted by molar-refractivity contribution is -0.127. The third kappa shape index (κ3) is 5.90. The third-order valence-corrected chi connectivity index (χ3v) is 7.94. The summed E-state index contributed by atoms with van der Waals surface area (Å²) in [7, 11) is -1.89. The van der Waals surface area contributed by atoms with Crippen molar-refractivity contribution in [1.82, 2.24) is 9.62 Å². The summed E-state index contributed by atoms with van der Waals surface area (Å²) in [5.41, 5.74) is 2.07. The summed E-state index contributed by atoms with van der Waals surface area (Å²) in [5, 5.41) is 3.22. The minimum Gasteiger partial charge on any atom is -0.497 e. The standard InChI is InChI=1S/C25H34N2O4S/c1-18(2)17-24(20-7-9-22(31-4)10-8-20)26-25(28)21-13-15-27(16-14-21)32(29,30)23-11-5-19(3)6-12-23/h5-12,18,21,24H,13-17H2,1-4H3,(H,26,28)/t24-/m1/s1. The van der Waals surface area contributed by atoms with Crippen LogP contribution in [0.3, 0.4) is 0 Å². The van der Waals surface area contributed by atoms with Gasteiger partial charge in [0.05, 0.1) is 18.0 Å². The van der Waals surface area contributed by atoms with Crippen molar-refractivity contribution in [1.29, 1.82) is 0 Å². The second-order valence-electron chi connectivity index (χ2n) is 8.96. The molecule has 3 rings (SSSR count). The molecule has 32 heavy (non-hydrogen) atoms. The first-order valence-electron chi connectivity index (χ1n) is 11.2. The van der Waals surface area contributed by atoms with E-state index in [1.807, 2.05) is 31.2 Å². The topological polar surface area (TPSA) is 75.7 Å². The number of amides is 1. The molecule has 1 fully saturated rings. The molecule has 7 heteroatoms. The zero-order chi connectivity index (χ0) is 23.3. The van der Waals surface area contributed by atoms with Gasteiger partial charge in [0, 0.05) is 19.0 Å². The fourth-order valence-electron chi connectivity index (χ4n) is 4.09. The summed E-state index contributed by atoms with van der Waals surface area (Å²) in [6.45, 7) is 6.91. The van der Waals surface area contributed by atoms with Crippen molar-refractivity contribution in [2.45, 2.75) is 51.0 Å². The van der Waals surface area contributed by atoms with Gasteiger partial charge in [0.2, 0.25) is 15.9 Å². The lowest BCUT2D eigenvalue weighted by Crippen LogP contribution is -2.43. The van der Waals surface area contributed by atoms with Crippen LogP contribution in [0.15, 0.2) is 53.4 Å². The molecule has 1 amide bonds. The molecule has 0 unspecified atom stereocenters. The van der Waals surface area contributed by atoms with Crippen molar-refractivity contribution in [3.8, 4) is 5.75 Å². The molecule has 1 aliphatic heterocycles. The lowest BCUT2D eigenvalue weighted by Gasteiger charge is -2.32. The van der Waals surface area contributed by atoms with Crippen molar-refractivity contribution >= 4 is 15.9 Å². The summed E-state index contributed by atoms with van der Waals surface area (Å²) >= 11 is 0. The number of rotatable bonds is 8. The highest BCUT2D eigenvalue weighted by Crippen LogP contribution is 2.27. The van der Waals surface area contributed by atoms with Gasteiger partial charge >= 0.3 is 0 Å². The molecule has 0 spiro atoms. The molecule has 0 radical (unpaired) electrons. The molecule has 6 nitrogen and oxygen atoms in total. The van der Waals surface area contributed by atoms with E-state index in [2.05, 4.69) is 19.2 Å². The van der Waals surface area contributed by atoms with Crippen molar-refractivity contribution in [2.75, 3.05) is 20.2 Å². The van der Waals surface area contributed by atoms with E-state index >= 15 is 0 Å². The van der Waals surface area contributed by atoms with Gasteiger partial charge in [-0.25, -0.2) is 8.42 Å². The summed E-state index contributed by atoms with van der Waals surface area (Å²) in [5.74, 6) is 1.01. The zero-order valence-corrected chi connectivity index (χ0v) is 20.2. The van der Waals surface area contributed by atoms with Crippen LogP contribution in [0.4, 0.5) is 0 Å². The molecule has 1 heterocycles. The van der Waals surface area contributed by atoms with Gasteiger partial charge < -0.3 is 10.1 Å². The average Bonchev–Trinajstić information content (AvgIpc) is 2.78. The maximum Gasteiger partial charge on any atom is 0.243 e. The number of piperidine rings is 1. The number of hydrogen-bond acceptors (Lipinski definition) is 4. The summed E-state index contributed by atoms with van der Waals surface area (Å²) in [4.78, 5) is 13.4. The average molecular weight is 459 g/mol. The SMILES string of the molecule is COc1ccc([C@@H](CC(C)C)NC(=O)C2CCN(S(=O)(=O)c3ccc(C)cc3)CC2)cc1. The van der Waals surface area contributed by atoms with Crippen molar-refractivity contribution in [3.63, 3.8) is 0 Å². The van der Waals surface area contributed by atoms with E-state index in [1.165, 1.54) is 4.31 Å². The molecule has 0 bridgehead atoms. The maximum atomic E-state index is 13.0. The Morgan fingerprint density at radius 2 is 1.66 bits per heavy atom. The third-order valence-electron chi connectivity index (χ3n) is 6.03. The first-order valence-corrected chi connectivity index (χ1v) is 12.7. The number of aryl methyl sites for hydroxylation is 1. The van der Waals surface area contributed by atoms with Crippen LogP contribution in [0.2, 0.25) is 0 Å². The summed E-state index contributed by atoms with van der Waals surface area (Å²) < 4.78 is 32.6. The maximum absolute atomic E-state index is 13.0. The van der Waals surface area contributed by atoms with Crippen LogP contribution < -0.4 is 10.1 Å². The highest BCUT2D eigenvalue weighted by atomic mass is 32.2. The molecule has 1 aliphatic rings. The molecule has 0 aromatic heterocycles. The molecule has 2 aromatic rings. The zero-order valence-electron chi connectivity index (χ0n) is 19.4. The van der Waals surface area contributed by atoms with Crippen LogP contribution in [0.25, 0.3) is 0 Å². The molecule has 1 N–H and O–H groups in total. The van der Waals surface area contributed by atoms with Crippen LogP contribution in [-0.4, -0.2) is 38.8 Å². The molecule has 0 aliphatic carbocycles. The van der Waals surface area contributed by atoms with Gasteiger partial charge in [-0.15, -0.1) is 0 Å². The van der Waals surface area contributed by atoms with Crippen LogP contribution in [0.1, 0.15) is 50.3 Å². The number of sulfonamides is 1. The fourth-order valence-corrected chi connectivity index (χ4v) is 5.56. The van der Waals surface area contributed by atoms with E-state index in [9.17, 15) is 13.2 Å². The van der Waals surface area contributed by atoms with E-state index in [4.69, 9.17) is 4.74 Å². The Hall–Kier alpha value is -2.38. The van der Waals surface area contributed by atoms with E-state index in [1.54, 1.807) is 31.4 Å². The molecule has 174 valence electrons. The van der Waals surface area contributed by atoms with Crippen LogP contribution in [-0.2, 0) is 14.8 Å². The van der Waals surface area contributed by atoms with Crippen LogP contribution >= 0.6 is 0 Å². The molecular formula is C25H34N2O4S. The highest BCUT2D eigenvalue weighted by Gasteiger charge is 2.33. The number of carbonyl (C=O) groups is 1. The Morgan fingerprint density at radius 3 is 2.19 bits per heavy atom. The quantitative estimate of drug-likeness (QED) is 0.640. The molecular weight excluding hydrogens is 424 g/mol. The lowest BCUT2D eigenvalue weighted by atomic mass is 9.93. The Labute approximate surface area is 192 Å². The largest absolute Gasteiger partial charge is 0.497 e. The number of nitrogens with one attached hydrogen (secondary N) is 1. The summed E-state index contributed by atoms with van der Waals surface area (Å²) in [6.07, 6.45) is 1.88. The van der Waals surface area contributed by atoms with Gasteiger partial charge in [-0.3, -0.25) is 4.79 Å². The predicted octanol–water partition coefficient (Wildman–Crippen LogP) is 4.31.